The van der Waals surface area contributed by atoms with Crippen LogP contribution < -0.4 is 10.6 Å². The molecule has 0 bridgehead atoms. The zero-order valence-corrected chi connectivity index (χ0v) is 22.6. The largest absolute Gasteiger partial charge is 0.467 e. The number of hydrogen-bond donors (Lipinski definition) is 2. The Morgan fingerprint density at radius 3 is 2.03 bits per heavy atom. The van der Waals surface area contributed by atoms with Gasteiger partial charge in [-0.1, -0.05) is 42.5 Å². The molecule has 2 atom stereocenters. The summed E-state index contributed by atoms with van der Waals surface area (Å²) in [5.74, 6) is -3.62. The molecule has 9 nitrogen and oxygen atoms in total. The lowest BCUT2D eigenvalue weighted by Crippen LogP contribution is -2.42. The van der Waals surface area contributed by atoms with Crippen molar-refractivity contribution in [3.63, 3.8) is 0 Å². The molecule has 0 fully saturated rings. The molecular weight excluding hydrogens is 495 g/mol. The van der Waals surface area contributed by atoms with Crippen LogP contribution >= 0.6 is 7.60 Å². The van der Waals surface area contributed by atoms with Crippen LogP contribution in [0.4, 0.5) is 0 Å². The van der Waals surface area contributed by atoms with Crippen LogP contribution in [0, 0.1) is 13.8 Å². The van der Waals surface area contributed by atoms with E-state index in [4.69, 9.17) is 9.05 Å². The first-order valence-corrected chi connectivity index (χ1v) is 13.2. The van der Waals surface area contributed by atoms with E-state index in [2.05, 4.69) is 15.4 Å². The number of esters is 1. The molecule has 3 aromatic rings. The Hall–Kier alpha value is -3.52. The van der Waals surface area contributed by atoms with Crippen molar-refractivity contribution in [1.29, 1.82) is 0 Å². The van der Waals surface area contributed by atoms with Gasteiger partial charge in [-0.3, -0.25) is 14.2 Å². The molecule has 0 aliphatic carbocycles. The van der Waals surface area contributed by atoms with E-state index < -0.39 is 25.3 Å². The summed E-state index contributed by atoms with van der Waals surface area (Å²) in [5, 5.41) is 7.57. The fourth-order valence-corrected chi connectivity index (χ4v) is 5.51. The molecule has 2 amide bonds. The average Bonchev–Trinajstić information content (AvgIpc) is 2.89. The molecule has 10 heteroatoms. The van der Waals surface area contributed by atoms with E-state index in [1.807, 2.05) is 49.4 Å². The van der Waals surface area contributed by atoms with Crippen molar-refractivity contribution in [2.45, 2.75) is 32.6 Å². The molecule has 0 aromatic heterocycles. The van der Waals surface area contributed by atoms with E-state index in [1.54, 1.807) is 26.0 Å². The number of fused-ring (bicyclic) bond motifs is 1. The first kappa shape index (κ1) is 28.1. The topological polar surface area (TPSA) is 120 Å². The summed E-state index contributed by atoms with van der Waals surface area (Å²) in [4.78, 5) is 38.5. The number of aryl methyl sites for hydroxylation is 2. The molecule has 0 spiro atoms. The number of methoxy groups -OCH3 is 1. The quantitative estimate of drug-likeness (QED) is 0.307. The Bertz CT molecular complexity index is 1350. The number of amides is 2. The molecule has 37 heavy (non-hydrogen) atoms. The van der Waals surface area contributed by atoms with Crippen LogP contribution in [0.2, 0.25) is 0 Å². The monoisotopic (exact) mass is 526 g/mol. The maximum atomic E-state index is 13.1. The van der Waals surface area contributed by atoms with Crippen molar-refractivity contribution in [1.82, 2.24) is 10.6 Å². The van der Waals surface area contributed by atoms with Crippen LogP contribution in [0.25, 0.3) is 10.8 Å². The van der Waals surface area contributed by atoms with Gasteiger partial charge in [0, 0.05) is 25.3 Å². The predicted molar refractivity (Wildman–Crippen MR) is 141 cm³/mol. The van der Waals surface area contributed by atoms with Crippen LogP contribution in [-0.2, 0) is 23.1 Å². The Morgan fingerprint density at radius 2 is 1.43 bits per heavy atom. The van der Waals surface area contributed by atoms with Gasteiger partial charge < -0.3 is 24.4 Å². The lowest BCUT2D eigenvalue weighted by Gasteiger charge is -2.24. The highest BCUT2D eigenvalue weighted by atomic mass is 31.2. The van der Waals surface area contributed by atoms with Gasteiger partial charge in [0.15, 0.2) is 0 Å². The number of benzene rings is 3. The van der Waals surface area contributed by atoms with Crippen molar-refractivity contribution in [2.24, 2.45) is 0 Å². The zero-order valence-electron chi connectivity index (χ0n) is 21.7. The second-order valence-corrected chi connectivity index (χ2v) is 10.9. The van der Waals surface area contributed by atoms with Crippen molar-refractivity contribution in [3.8, 4) is 0 Å². The van der Waals surface area contributed by atoms with Gasteiger partial charge in [-0.15, -0.1) is 0 Å². The smallest absolute Gasteiger partial charge is 0.363 e. The maximum Gasteiger partial charge on any atom is 0.363 e. The van der Waals surface area contributed by atoms with Crippen molar-refractivity contribution >= 4 is 36.2 Å². The Labute approximate surface area is 216 Å². The zero-order chi connectivity index (χ0) is 27.3. The van der Waals surface area contributed by atoms with Crippen LogP contribution in [0.15, 0.2) is 54.6 Å². The van der Waals surface area contributed by atoms with Crippen molar-refractivity contribution in [2.75, 3.05) is 21.3 Å². The second kappa shape index (κ2) is 11.7. The normalized spacial score (nSPS) is 13.0. The van der Waals surface area contributed by atoms with E-state index >= 15 is 0 Å². The Morgan fingerprint density at radius 1 is 0.838 bits per heavy atom. The van der Waals surface area contributed by atoms with Gasteiger partial charge in [-0.05, 0) is 60.4 Å². The summed E-state index contributed by atoms with van der Waals surface area (Å²) >= 11 is 0. The summed E-state index contributed by atoms with van der Waals surface area (Å²) in [7, 11) is -0.716. The lowest BCUT2D eigenvalue weighted by molar-refractivity contribution is -0.141. The third-order valence-corrected chi connectivity index (χ3v) is 8.17. The average molecular weight is 527 g/mol. The first-order valence-electron chi connectivity index (χ1n) is 11.6. The summed E-state index contributed by atoms with van der Waals surface area (Å²) in [6.07, 6.45) is 0. The SMILES string of the molecule is COC(=O)[C@H](NC(=O)c1c(C)cc(C(=O)N[C@H](C)c2cccc3ccccc23)cc1C)P(=O)(OC)OC. The number of ether oxygens (including phenoxy) is 1. The van der Waals surface area contributed by atoms with E-state index in [9.17, 15) is 18.9 Å². The molecule has 0 aliphatic heterocycles. The highest BCUT2D eigenvalue weighted by Gasteiger charge is 2.42. The van der Waals surface area contributed by atoms with Gasteiger partial charge in [0.1, 0.15) is 0 Å². The van der Waals surface area contributed by atoms with E-state index in [-0.39, 0.29) is 17.5 Å². The van der Waals surface area contributed by atoms with Gasteiger partial charge in [-0.2, -0.15) is 0 Å². The third kappa shape index (κ3) is 5.91. The molecule has 3 rings (SSSR count). The fraction of sp³-hybridized carbons (Fsp3) is 0.296. The Balaban J connectivity index is 1.85. The van der Waals surface area contributed by atoms with Gasteiger partial charge in [-0.25, -0.2) is 4.79 Å². The molecule has 0 heterocycles. The summed E-state index contributed by atoms with van der Waals surface area (Å²) in [6, 6.07) is 16.8. The number of carbonyl (C=O) groups excluding carboxylic acids is 3. The van der Waals surface area contributed by atoms with Gasteiger partial charge in [0.25, 0.3) is 11.8 Å². The predicted octanol–water partition coefficient (Wildman–Crippen LogP) is 4.66. The van der Waals surface area contributed by atoms with Crippen molar-refractivity contribution in [3.05, 3.63) is 82.4 Å². The standard InChI is InChI=1S/C27H31N2O7P/c1-16-14-20(24(30)28-18(3)21-13-9-11-19-10-7-8-12-22(19)21)15-17(2)23(16)25(31)29-26(27(32)34-4)37(33,35-5)36-6/h7-15,18,26H,1-6H3,(H,28,30)(H,29,31)/t18-,26-/m1/s1. The molecule has 3 aromatic carbocycles. The van der Waals surface area contributed by atoms with Crippen LogP contribution in [0.1, 0.15) is 50.4 Å². The van der Waals surface area contributed by atoms with Crippen LogP contribution in [-0.4, -0.2) is 44.9 Å². The number of rotatable bonds is 9. The first-order chi connectivity index (χ1) is 17.6. The van der Waals surface area contributed by atoms with Crippen molar-refractivity contribution < 1.29 is 32.7 Å². The summed E-state index contributed by atoms with van der Waals surface area (Å²) < 4.78 is 27.3. The fourth-order valence-electron chi connectivity index (χ4n) is 4.30. The van der Waals surface area contributed by atoms with E-state index in [0.717, 1.165) is 37.7 Å². The number of carbonyl (C=O) groups is 3. The third-order valence-electron chi connectivity index (χ3n) is 6.18. The lowest BCUT2D eigenvalue weighted by atomic mass is 9.97. The molecule has 0 saturated heterocycles. The van der Waals surface area contributed by atoms with Gasteiger partial charge >= 0.3 is 13.6 Å². The molecule has 0 radical (unpaired) electrons. The number of nitrogens with one attached hydrogen (secondary N) is 2. The minimum absolute atomic E-state index is 0.228. The Kier molecular flexibility index (Phi) is 8.86. The molecule has 0 saturated carbocycles. The minimum atomic E-state index is -4.03. The summed E-state index contributed by atoms with van der Waals surface area (Å²) in [6.45, 7) is 5.26. The molecular formula is C27H31N2O7P. The summed E-state index contributed by atoms with van der Waals surface area (Å²) in [5.41, 5.74) is 2.59. The van der Waals surface area contributed by atoms with Gasteiger partial charge in [0.2, 0.25) is 5.78 Å². The highest BCUT2D eigenvalue weighted by Crippen LogP contribution is 2.51. The molecule has 0 aliphatic rings. The van der Waals surface area contributed by atoms with E-state index in [0.29, 0.717) is 16.7 Å². The second-order valence-electron chi connectivity index (χ2n) is 8.55. The number of hydrogen-bond acceptors (Lipinski definition) is 7. The molecule has 2 N–H and O–H groups in total. The van der Waals surface area contributed by atoms with Gasteiger partial charge in [0.05, 0.1) is 13.2 Å². The van der Waals surface area contributed by atoms with Crippen LogP contribution in [0.5, 0.6) is 0 Å². The molecule has 196 valence electrons. The minimum Gasteiger partial charge on any atom is -0.467 e. The van der Waals surface area contributed by atoms with E-state index in [1.165, 1.54) is 0 Å². The highest BCUT2D eigenvalue weighted by molar-refractivity contribution is 7.55. The molecule has 0 unspecified atom stereocenters. The maximum absolute atomic E-state index is 13.1. The van der Waals surface area contributed by atoms with Crippen LogP contribution in [0.3, 0.4) is 0 Å².